The largest absolute Gasteiger partial charge is 0.477 e. The monoisotopic (exact) mass is 453 g/mol. The van der Waals surface area contributed by atoms with Crippen LogP contribution in [0, 0.1) is 0 Å². The standard InChI is InChI=1S/C27H23N3O4/c31-26(28-16-15-19-9-3-1-4-10-19)24-17-30(22-13-7-8-14-23(22)34-24)27(32)21-18-33-29-25(21)20-11-5-2-6-12-20/h1-14,18,24H,15-17H2,(H,28,31)/t24-/m0/s1. The van der Waals surface area contributed by atoms with Gasteiger partial charge in [-0.3, -0.25) is 9.59 Å². The van der Waals surface area contributed by atoms with Gasteiger partial charge in [0.25, 0.3) is 11.8 Å². The van der Waals surface area contributed by atoms with E-state index in [2.05, 4.69) is 10.5 Å². The van der Waals surface area contributed by atoms with Gasteiger partial charge in [-0.05, 0) is 24.1 Å². The van der Waals surface area contributed by atoms with Gasteiger partial charge in [-0.25, -0.2) is 0 Å². The molecule has 2 amide bonds. The highest BCUT2D eigenvalue weighted by atomic mass is 16.5. The van der Waals surface area contributed by atoms with E-state index in [1.165, 1.54) is 6.26 Å². The first-order valence-electron chi connectivity index (χ1n) is 11.1. The Morgan fingerprint density at radius 1 is 0.941 bits per heavy atom. The number of aromatic nitrogens is 1. The Hall–Kier alpha value is -4.39. The average molecular weight is 453 g/mol. The summed E-state index contributed by atoms with van der Waals surface area (Å²) >= 11 is 0. The smallest absolute Gasteiger partial charge is 0.264 e. The van der Waals surface area contributed by atoms with Gasteiger partial charge in [-0.1, -0.05) is 78.0 Å². The van der Waals surface area contributed by atoms with Crippen LogP contribution in [0.2, 0.25) is 0 Å². The number of nitrogens with zero attached hydrogens (tertiary/aromatic N) is 2. The van der Waals surface area contributed by atoms with Crippen LogP contribution >= 0.6 is 0 Å². The normalized spacial score (nSPS) is 14.7. The number of benzene rings is 3. The first-order chi connectivity index (χ1) is 16.7. The molecule has 4 aromatic rings. The minimum atomic E-state index is -0.838. The lowest BCUT2D eigenvalue weighted by atomic mass is 10.1. The maximum absolute atomic E-state index is 13.6. The van der Waals surface area contributed by atoms with Crippen molar-refractivity contribution in [1.82, 2.24) is 10.5 Å². The highest BCUT2D eigenvalue weighted by Gasteiger charge is 2.35. The first kappa shape index (κ1) is 21.5. The van der Waals surface area contributed by atoms with Crippen molar-refractivity contribution in [2.45, 2.75) is 12.5 Å². The van der Waals surface area contributed by atoms with E-state index in [1.807, 2.05) is 72.8 Å². The maximum atomic E-state index is 13.6. The molecular formula is C27H23N3O4. The highest BCUT2D eigenvalue weighted by Crippen LogP contribution is 2.35. The predicted molar refractivity (Wildman–Crippen MR) is 128 cm³/mol. The molecule has 5 rings (SSSR count). The summed E-state index contributed by atoms with van der Waals surface area (Å²) in [5.74, 6) is -0.0993. The van der Waals surface area contributed by atoms with E-state index < -0.39 is 6.10 Å². The summed E-state index contributed by atoms with van der Waals surface area (Å²) in [6.45, 7) is 0.550. The Labute approximate surface area is 196 Å². The van der Waals surface area contributed by atoms with Crippen molar-refractivity contribution < 1.29 is 18.8 Å². The van der Waals surface area contributed by atoms with Crippen LogP contribution in [0.25, 0.3) is 11.3 Å². The fraction of sp³-hybridized carbons (Fsp3) is 0.148. The SMILES string of the molecule is O=C(NCCc1ccccc1)[C@@H]1CN(C(=O)c2conc2-c2ccccc2)c2ccccc2O1. The van der Waals surface area contributed by atoms with Crippen LogP contribution in [0.1, 0.15) is 15.9 Å². The molecule has 0 saturated heterocycles. The molecule has 0 unspecified atom stereocenters. The summed E-state index contributed by atoms with van der Waals surface area (Å²) in [7, 11) is 0. The fourth-order valence-electron chi connectivity index (χ4n) is 3.99. The second-order valence-corrected chi connectivity index (χ2v) is 7.96. The third-order valence-corrected chi connectivity index (χ3v) is 5.71. The van der Waals surface area contributed by atoms with Crippen LogP contribution in [-0.2, 0) is 11.2 Å². The minimum absolute atomic E-state index is 0.0758. The molecule has 1 aliphatic rings. The number of ether oxygens (including phenoxy) is 1. The number of anilines is 1. The average Bonchev–Trinajstić information content (AvgIpc) is 3.39. The van der Waals surface area contributed by atoms with Crippen LogP contribution in [0.4, 0.5) is 5.69 Å². The second-order valence-electron chi connectivity index (χ2n) is 7.96. The van der Waals surface area contributed by atoms with Gasteiger partial charge in [0.05, 0.1) is 12.2 Å². The van der Waals surface area contributed by atoms with Crippen LogP contribution < -0.4 is 15.0 Å². The van der Waals surface area contributed by atoms with Crippen molar-refractivity contribution in [1.29, 1.82) is 0 Å². The van der Waals surface area contributed by atoms with Gasteiger partial charge in [-0.2, -0.15) is 0 Å². The molecule has 1 aliphatic heterocycles. The number of hydrogen-bond donors (Lipinski definition) is 1. The van der Waals surface area contributed by atoms with Crippen LogP contribution in [0.3, 0.4) is 0 Å². The number of rotatable bonds is 6. The molecule has 170 valence electrons. The summed E-state index contributed by atoms with van der Waals surface area (Å²) in [6, 6.07) is 26.5. The molecule has 34 heavy (non-hydrogen) atoms. The summed E-state index contributed by atoms with van der Waals surface area (Å²) in [5, 5.41) is 6.98. The van der Waals surface area contributed by atoms with Crippen molar-refractivity contribution >= 4 is 17.5 Å². The lowest BCUT2D eigenvalue weighted by Gasteiger charge is -2.34. The topological polar surface area (TPSA) is 84.7 Å². The summed E-state index contributed by atoms with van der Waals surface area (Å²) in [5.41, 5.74) is 3.29. The number of hydrogen-bond acceptors (Lipinski definition) is 5. The van der Waals surface area contributed by atoms with E-state index in [0.717, 1.165) is 11.1 Å². The Morgan fingerprint density at radius 2 is 1.65 bits per heavy atom. The third-order valence-electron chi connectivity index (χ3n) is 5.71. The van der Waals surface area contributed by atoms with E-state index in [-0.39, 0.29) is 18.4 Å². The molecule has 3 aromatic carbocycles. The molecule has 0 aliphatic carbocycles. The number of para-hydroxylation sites is 2. The summed E-state index contributed by atoms with van der Waals surface area (Å²) in [4.78, 5) is 28.1. The van der Waals surface area contributed by atoms with Crippen molar-refractivity contribution in [3.8, 4) is 17.0 Å². The predicted octanol–water partition coefficient (Wildman–Crippen LogP) is 4.11. The zero-order valence-corrected chi connectivity index (χ0v) is 18.4. The Balaban J connectivity index is 1.36. The van der Waals surface area contributed by atoms with Gasteiger partial charge in [-0.15, -0.1) is 0 Å². The number of carbonyl (C=O) groups excluding carboxylic acids is 2. The molecule has 7 nitrogen and oxygen atoms in total. The molecule has 1 N–H and O–H groups in total. The van der Waals surface area contributed by atoms with E-state index >= 15 is 0 Å². The maximum Gasteiger partial charge on any atom is 0.264 e. The molecule has 1 atom stereocenters. The minimum Gasteiger partial charge on any atom is -0.477 e. The Bertz CT molecular complexity index is 1290. The van der Waals surface area contributed by atoms with Crippen molar-refractivity contribution in [3.05, 3.63) is 102 Å². The van der Waals surface area contributed by atoms with Crippen molar-refractivity contribution in [2.24, 2.45) is 0 Å². The Kier molecular flexibility index (Phi) is 6.07. The molecule has 0 fully saturated rings. The quantitative estimate of drug-likeness (QED) is 0.475. The first-order valence-corrected chi connectivity index (χ1v) is 11.1. The van der Waals surface area contributed by atoms with Gasteiger partial charge in [0.15, 0.2) is 6.10 Å². The van der Waals surface area contributed by atoms with Gasteiger partial charge >= 0.3 is 0 Å². The third kappa shape index (κ3) is 4.41. The molecule has 2 heterocycles. The molecule has 0 bridgehead atoms. The molecule has 7 heteroatoms. The molecule has 0 spiro atoms. The van der Waals surface area contributed by atoms with E-state index in [1.54, 1.807) is 17.0 Å². The number of fused-ring (bicyclic) bond motifs is 1. The van der Waals surface area contributed by atoms with Gasteiger partial charge in [0.1, 0.15) is 23.3 Å². The molecule has 0 radical (unpaired) electrons. The molecule has 0 saturated carbocycles. The van der Waals surface area contributed by atoms with Crippen molar-refractivity contribution in [2.75, 3.05) is 18.0 Å². The molecule has 1 aromatic heterocycles. The van der Waals surface area contributed by atoms with Crippen LogP contribution in [0.5, 0.6) is 5.75 Å². The van der Waals surface area contributed by atoms with Crippen molar-refractivity contribution in [3.63, 3.8) is 0 Å². The zero-order valence-electron chi connectivity index (χ0n) is 18.4. The van der Waals surface area contributed by atoms with Gasteiger partial charge in [0, 0.05) is 12.1 Å². The lowest BCUT2D eigenvalue weighted by Crippen LogP contribution is -2.51. The van der Waals surface area contributed by atoms with E-state index in [4.69, 9.17) is 9.26 Å². The number of carbonyl (C=O) groups is 2. The van der Waals surface area contributed by atoms with Crippen LogP contribution in [-0.4, -0.2) is 36.2 Å². The molecular weight excluding hydrogens is 430 g/mol. The number of amides is 2. The zero-order chi connectivity index (χ0) is 23.3. The highest BCUT2D eigenvalue weighted by molar-refractivity contribution is 6.10. The van der Waals surface area contributed by atoms with E-state index in [9.17, 15) is 9.59 Å². The lowest BCUT2D eigenvalue weighted by molar-refractivity contribution is -0.127. The summed E-state index contributed by atoms with van der Waals surface area (Å²) < 4.78 is 11.1. The number of nitrogens with one attached hydrogen (secondary N) is 1. The van der Waals surface area contributed by atoms with Crippen LogP contribution in [0.15, 0.2) is 95.7 Å². The summed E-state index contributed by atoms with van der Waals surface area (Å²) in [6.07, 6.45) is 1.21. The second kappa shape index (κ2) is 9.62. The Morgan fingerprint density at radius 3 is 2.44 bits per heavy atom. The van der Waals surface area contributed by atoms with Gasteiger partial charge in [0.2, 0.25) is 0 Å². The fourth-order valence-corrected chi connectivity index (χ4v) is 3.99. The van der Waals surface area contributed by atoms with E-state index in [0.29, 0.717) is 35.7 Å². The van der Waals surface area contributed by atoms with Gasteiger partial charge < -0.3 is 19.5 Å².